The van der Waals surface area contributed by atoms with Crippen molar-refractivity contribution in [3.63, 3.8) is 0 Å². The third kappa shape index (κ3) is 4.30. The molecule has 178 valence electrons. The van der Waals surface area contributed by atoms with E-state index in [0.29, 0.717) is 11.0 Å². The number of likely N-dealkylation sites (tertiary alicyclic amines) is 1. The maximum atomic E-state index is 13.1. The van der Waals surface area contributed by atoms with Gasteiger partial charge in [0.05, 0.1) is 18.3 Å². The fourth-order valence-electron chi connectivity index (χ4n) is 5.26. The fourth-order valence-corrected chi connectivity index (χ4v) is 5.26. The Morgan fingerprint density at radius 3 is 2.54 bits per heavy atom. The molecule has 0 radical (unpaired) electrons. The number of anilines is 1. The molecule has 2 aliphatic rings. The molecular weight excluding hydrogens is 438 g/mol. The molecule has 0 amide bonds. The van der Waals surface area contributed by atoms with E-state index in [1.165, 1.54) is 25.9 Å². The molecular formula is C27H29N7O. The highest BCUT2D eigenvalue weighted by Gasteiger charge is 2.44. The van der Waals surface area contributed by atoms with Crippen LogP contribution in [0.4, 0.5) is 5.82 Å². The number of aromatic nitrogens is 5. The number of carbonyl (C=O) groups excluding carboxylic acids is 1. The molecule has 6 heterocycles. The van der Waals surface area contributed by atoms with E-state index in [4.69, 9.17) is 0 Å². The molecule has 1 spiro atoms. The zero-order valence-electron chi connectivity index (χ0n) is 20.2. The Morgan fingerprint density at radius 2 is 1.77 bits per heavy atom. The van der Waals surface area contributed by atoms with Crippen LogP contribution in [-0.2, 0) is 13.5 Å². The van der Waals surface area contributed by atoms with E-state index in [0.717, 1.165) is 46.6 Å². The largest absolute Gasteiger partial charge is 0.355 e. The molecule has 4 aromatic rings. The molecule has 0 saturated carbocycles. The van der Waals surface area contributed by atoms with Gasteiger partial charge in [0.15, 0.2) is 5.78 Å². The average Bonchev–Trinajstić information content (AvgIpc) is 3.29. The van der Waals surface area contributed by atoms with Crippen molar-refractivity contribution < 1.29 is 4.79 Å². The fraction of sp³-hybridized carbons (Fsp3) is 0.370. The normalized spacial score (nSPS) is 17.6. The van der Waals surface area contributed by atoms with Crippen molar-refractivity contribution in [3.8, 4) is 11.3 Å². The quantitative estimate of drug-likeness (QED) is 0.416. The third-order valence-corrected chi connectivity index (χ3v) is 7.49. The van der Waals surface area contributed by atoms with Crippen LogP contribution in [-0.4, -0.2) is 68.6 Å². The van der Waals surface area contributed by atoms with Gasteiger partial charge in [-0.2, -0.15) is 5.10 Å². The maximum absolute atomic E-state index is 13.1. The summed E-state index contributed by atoms with van der Waals surface area (Å²) in [6.07, 6.45) is 11.8. The van der Waals surface area contributed by atoms with Gasteiger partial charge < -0.3 is 9.80 Å². The molecule has 0 aromatic carbocycles. The Kier molecular flexibility index (Phi) is 5.33. The monoisotopic (exact) mass is 467 g/mol. The number of piperidine rings is 1. The minimum atomic E-state index is 0.0524. The van der Waals surface area contributed by atoms with E-state index >= 15 is 0 Å². The second-order valence-corrected chi connectivity index (χ2v) is 10.2. The lowest BCUT2D eigenvalue weighted by molar-refractivity contribution is 0.0900. The number of pyridine rings is 3. The first-order chi connectivity index (χ1) is 17.0. The number of carbonyl (C=O) groups is 1. The summed E-state index contributed by atoms with van der Waals surface area (Å²) in [5.74, 6) is 0.954. The van der Waals surface area contributed by atoms with Crippen LogP contribution in [0.3, 0.4) is 0 Å². The molecule has 2 saturated heterocycles. The number of rotatable bonds is 5. The molecule has 4 aromatic heterocycles. The second-order valence-electron chi connectivity index (χ2n) is 10.2. The Balaban J connectivity index is 1.17. The van der Waals surface area contributed by atoms with E-state index in [-0.39, 0.29) is 12.2 Å². The van der Waals surface area contributed by atoms with Gasteiger partial charge in [0.2, 0.25) is 0 Å². The number of hydrogen-bond acceptors (Lipinski definition) is 7. The van der Waals surface area contributed by atoms with E-state index in [1.54, 1.807) is 23.3 Å². The van der Waals surface area contributed by atoms with Gasteiger partial charge in [0.1, 0.15) is 5.82 Å². The van der Waals surface area contributed by atoms with Crippen molar-refractivity contribution in [1.29, 1.82) is 0 Å². The van der Waals surface area contributed by atoms with Gasteiger partial charge in [-0.15, -0.1) is 0 Å². The molecule has 35 heavy (non-hydrogen) atoms. The van der Waals surface area contributed by atoms with Crippen LogP contribution in [0, 0.1) is 5.41 Å². The van der Waals surface area contributed by atoms with E-state index in [1.807, 2.05) is 43.7 Å². The first-order valence-corrected chi connectivity index (χ1v) is 12.1. The molecule has 0 atom stereocenters. The van der Waals surface area contributed by atoms with Gasteiger partial charge in [-0.3, -0.25) is 19.4 Å². The Bertz CT molecular complexity index is 1400. The molecule has 6 rings (SSSR count). The number of aryl methyl sites for hydroxylation is 1. The summed E-state index contributed by atoms with van der Waals surface area (Å²) in [6, 6.07) is 7.75. The van der Waals surface area contributed by atoms with Crippen LogP contribution in [0.2, 0.25) is 0 Å². The van der Waals surface area contributed by atoms with Crippen molar-refractivity contribution >= 4 is 22.4 Å². The van der Waals surface area contributed by atoms with Crippen LogP contribution in [0.5, 0.6) is 0 Å². The number of ketones is 1. The molecule has 2 aliphatic heterocycles. The molecule has 0 N–H and O–H groups in total. The molecule has 2 fully saturated rings. The lowest BCUT2D eigenvalue weighted by Crippen LogP contribution is -2.60. The highest BCUT2D eigenvalue weighted by Crippen LogP contribution is 2.41. The molecule has 0 unspecified atom stereocenters. The zero-order chi connectivity index (χ0) is 24.0. The number of Topliss-reactive ketones (excluding diaryl/α,β-unsaturated/α-hetero) is 1. The summed E-state index contributed by atoms with van der Waals surface area (Å²) in [5, 5.41) is 6.19. The standard InChI is InChI=1S/C27H29N7O/c1-32-7-4-27(5-8-32)17-34(18-27)26-11-19(3-6-28-26)25(35)12-23-9-20-10-24(22-15-31-33(2)16-22)30-14-21(20)13-29-23/h3,6,9-11,13-16H,4-5,7-8,12,17-18H2,1-2H3. The van der Waals surface area contributed by atoms with Gasteiger partial charge in [-0.25, -0.2) is 4.98 Å². The van der Waals surface area contributed by atoms with Crippen molar-refractivity contribution in [1.82, 2.24) is 29.6 Å². The summed E-state index contributed by atoms with van der Waals surface area (Å²) in [6.45, 7) is 4.40. The first-order valence-electron chi connectivity index (χ1n) is 12.1. The lowest BCUT2D eigenvalue weighted by Gasteiger charge is -2.54. The average molecular weight is 468 g/mol. The number of fused-ring (bicyclic) bond motifs is 1. The summed E-state index contributed by atoms with van der Waals surface area (Å²) in [5.41, 5.74) is 3.67. The predicted octanol–water partition coefficient (Wildman–Crippen LogP) is 3.38. The van der Waals surface area contributed by atoms with E-state index in [9.17, 15) is 4.79 Å². The van der Waals surface area contributed by atoms with Crippen molar-refractivity contribution in [2.45, 2.75) is 19.3 Å². The first kappa shape index (κ1) is 21.9. The van der Waals surface area contributed by atoms with Crippen LogP contribution < -0.4 is 4.90 Å². The Morgan fingerprint density at radius 1 is 0.971 bits per heavy atom. The summed E-state index contributed by atoms with van der Waals surface area (Å²) in [7, 11) is 4.08. The van der Waals surface area contributed by atoms with Gasteiger partial charge in [-0.05, 0) is 62.6 Å². The number of hydrogen-bond donors (Lipinski definition) is 0. The molecule has 8 nitrogen and oxygen atoms in total. The lowest BCUT2D eigenvalue weighted by atomic mass is 9.72. The summed E-state index contributed by atoms with van der Waals surface area (Å²) < 4.78 is 1.76. The maximum Gasteiger partial charge on any atom is 0.169 e. The van der Waals surface area contributed by atoms with Crippen LogP contribution in [0.1, 0.15) is 28.9 Å². The summed E-state index contributed by atoms with van der Waals surface area (Å²) in [4.78, 5) is 31.5. The van der Waals surface area contributed by atoms with Gasteiger partial charge in [-0.1, -0.05) is 0 Å². The molecule has 0 aliphatic carbocycles. The van der Waals surface area contributed by atoms with Crippen LogP contribution in [0.25, 0.3) is 22.0 Å². The highest BCUT2D eigenvalue weighted by molar-refractivity contribution is 5.98. The predicted molar refractivity (Wildman–Crippen MR) is 135 cm³/mol. The van der Waals surface area contributed by atoms with Crippen LogP contribution >= 0.6 is 0 Å². The van der Waals surface area contributed by atoms with Gasteiger partial charge >= 0.3 is 0 Å². The van der Waals surface area contributed by atoms with Crippen LogP contribution in [0.15, 0.2) is 55.2 Å². The highest BCUT2D eigenvalue weighted by atomic mass is 16.1. The smallest absolute Gasteiger partial charge is 0.169 e. The minimum absolute atomic E-state index is 0.0524. The Labute approximate surface area is 204 Å². The minimum Gasteiger partial charge on any atom is -0.355 e. The zero-order valence-corrected chi connectivity index (χ0v) is 20.2. The topological polar surface area (TPSA) is 80.0 Å². The van der Waals surface area contributed by atoms with Gasteiger partial charge in [0.25, 0.3) is 0 Å². The molecule has 8 heteroatoms. The number of nitrogens with zero attached hydrogens (tertiary/aromatic N) is 7. The van der Waals surface area contributed by atoms with Crippen molar-refractivity contribution in [2.24, 2.45) is 12.5 Å². The van der Waals surface area contributed by atoms with Crippen molar-refractivity contribution in [3.05, 3.63) is 66.5 Å². The van der Waals surface area contributed by atoms with E-state index in [2.05, 4.69) is 36.9 Å². The second kappa shape index (κ2) is 8.53. The molecule has 0 bridgehead atoms. The van der Waals surface area contributed by atoms with Gasteiger partial charge in [0, 0.05) is 72.5 Å². The van der Waals surface area contributed by atoms with Crippen molar-refractivity contribution in [2.75, 3.05) is 38.1 Å². The summed E-state index contributed by atoms with van der Waals surface area (Å²) >= 11 is 0. The SMILES string of the molecule is CN1CCC2(CC1)CN(c1cc(C(=O)Cc3cc4cc(-c5cnn(C)c5)ncc4cn3)ccn1)C2. The third-order valence-electron chi connectivity index (χ3n) is 7.49. The van der Waals surface area contributed by atoms with E-state index < -0.39 is 0 Å². The Hall–Kier alpha value is -3.65.